The minimum Gasteiger partial charge on any atom is -0.456 e. The molecule has 238 valence electrons. The molecule has 0 aliphatic carbocycles. The van der Waals surface area contributed by atoms with Gasteiger partial charge in [-0.3, -0.25) is 0 Å². The van der Waals surface area contributed by atoms with Crippen molar-refractivity contribution in [1.29, 1.82) is 0 Å². The van der Waals surface area contributed by atoms with E-state index in [-0.39, 0.29) is 0 Å². The highest BCUT2D eigenvalue weighted by molar-refractivity contribution is 6.13. The first-order valence-corrected chi connectivity index (χ1v) is 17.1. The van der Waals surface area contributed by atoms with E-state index in [4.69, 9.17) is 19.4 Å². The van der Waals surface area contributed by atoms with Crippen molar-refractivity contribution in [2.24, 2.45) is 0 Å². The molecule has 0 amide bonds. The zero-order valence-corrected chi connectivity index (χ0v) is 27.5. The molecule has 0 radical (unpaired) electrons. The summed E-state index contributed by atoms with van der Waals surface area (Å²) in [5, 5.41) is 6.78. The van der Waals surface area contributed by atoms with Gasteiger partial charge in [0.1, 0.15) is 11.2 Å². The molecule has 0 N–H and O–H groups in total. The first-order chi connectivity index (χ1) is 25.2. The van der Waals surface area contributed by atoms with Gasteiger partial charge in [-0.25, -0.2) is 15.0 Å². The lowest BCUT2D eigenvalue weighted by Crippen LogP contribution is -2.00. The second-order valence-electron chi connectivity index (χ2n) is 12.8. The second kappa shape index (κ2) is 11.9. The maximum Gasteiger partial charge on any atom is 0.164 e. The van der Waals surface area contributed by atoms with Crippen LogP contribution in [-0.2, 0) is 0 Å². The Morgan fingerprint density at radius 2 is 0.941 bits per heavy atom. The molecule has 8 aromatic carbocycles. The number of hydrogen-bond donors (Lipinski definition) is 0. The van der Waals surface area contributed by atoms with E-state index in [2.05, 4.69) is 127 Å². The van der Waals surface area contributed by atoms with Crippen molar-refractivity contribution in [3.8, 4) is 56.4 Å². The third kappa shape index (κ3) is 5.13. The van der Waals surface area contributed by atoms with E-state index in [0.29, 0.717) is 17.5 Å². The molecule has 0 saturated carbocycles. The number of hydrogen-bond acceptors (Lipinski definition) is 4. The van der Waals surface area contributed by atoms with Gasteiger partial charge in [0.05, 0.1) is 0 Å². The Labute approximate surface area is 294 Å². The third-order valence-electron chi connectivity index (χ3n) is 9.71. The van der Waals surface area contributed by atoms with Gasteiger partial charge in [0.2, 0.25) is 0 Å². The maximum absolute atomic E-state index is 6.52. The number of aromatic nitrogens is 3. The van der Waals surface area contributed by atoms with Gasteiger partial charge >= 0.3 is 0 Å². The van der Waals surface area contributed by atoms with Crippen molar-refractivity contribution in [1.82, 2.24) is 15.0 Å². The predicted octanol–water partition coefficient (Wildman–Crippen LogP) is 12.4. The minimum absolute atomic E-state index is 0.595. The Morgan fingerprint density at radius 1 is 0.314 bits per heavy atom. The van der Waals surface area contributed by atoms with Crippen LogP contribution < -0.4 is 0 Å². The van der Waals surface area contributed by atoms with Crippen LogP contribution in [0.5, 0.6) is 0 Å². The van der Waals surface area contributed by atoms with Crippen LogP contribution in [0, 0.1) is 0 Å². The zero-order chi connectivity index (χ0) is 33.7. The summed E-state index contributed by atoms with van der Waals surface area (Å²) in [6, 6.07) is 61.1. The molecule has 0 atom stereocenters. The van der Waals surface area contributed by atoms with Gasteiger partial charge < -0.3 is 4.42 Å². The smallest absolute Gasteiger partial charge is 0.164 e. The molecule has 0 saturated heterocycles. The lowest BCUT2D eigenvalue weighted by Gasteiger charge is -2.12. The summed E-state index contributed by atoms with van der Waals surface area (Å²) in [7, 11) is 0. The molecule has 0 fully saturated rings. The van der Waals surface area contributed by atoms with Crippen molar-refractivity contribution < 1.29 is 4.42 Å². The molecule has 0 aliphatic heterocycles. The van der Waals surface area contributed by atoms with E-state index < -0.39 is 0 Å². The van der Waals surface area contributed by atoms with Crippen LogP contribution in [0.15, 0.2) is 180 Å². The third-order valence-corrected chi connectivity index (χ3v) is 9.71. The van der Waals surface area contributed by atoms with Gasteiger partial charge in [-0.2, -0.15) is 0 Å². The Bertz CT molecular complexity index is 2900. The highest BCUT2D eigenvalue weighted by Gasteiger charge is 2.20. The summed E-state index contributed by atoms with van der Waals surface area (Å²) in [4.78, 5) is 15.4. The van der Waals surface area contributed by atoms with Crippen molar-refractivity contribution in [2.75, 3.05) is 0 Å². The summed E-state index contributed by atoms with van der Waals surface area (Å²) in [5.41, 5.74) is 8.86. The molecule has 51 heavy (non-hydrogen) atoms. The van der Waals surface area contributed by atoms with Crippen molar-refractivity contribution in [3.63, 3.8) is 0 Å². The maximum atomic E-state index is 6.52. The summed E-state index contributed by atoms with van der Waals surface area (Å²) < 4.78 is 6.52. The van der Waals surface area contributed by atoms with Crippen LogP contribution >= 0.6 is 0 Å². The molecule has 0 bridgehead atoms. The molecule has 4 heteroatoms. The van der Waals surface area contributed by atoms with E-state index in [0.717, 1.165) is 55.1 Å². The Balaban J connectivity index is 1.18. The van der Waals surface area contributed by atoms with Crippen LogP contribution in [0.3, 0.4) is 0 Å². The number of benzene rings is 8. The van der Waals surface area contributed by atoms with E-state index in [1.807, 2.05) is 48.5 Å². The molecule has 0 unspecified atom stereocenters. The van der Waals surface area contributed by atoms with Gasteiger partial charge in [-0.1, -0.05) is 152 Å². The van der Waals surface area contributed by atoms with Crippen LogP contribution in [0.1, 0.15) is 0 Å². The molecule has 10 rings (SSSR count). The Hall–Kier alpha value is -6.91. The Kier molecular flexibility index (Phi) is 6.78. The number of rotatable bonds is 5. The number of furan rings is 1. The van der Waals surface area contributed by atoms with Crippen LogP contribution in [0.4, 0.5) is 0 Å². The van der Waals surface area contributed by atoms with Gasteiger partial charge in [0.15, 0.2) is 17.5 Å². The fourth-order valence-corrected chi connectivity index (χ4v) is 7.19. The van der Waals surface area contributed by atoms with Gasteiger partial charge in [0, 0.05) is 27.5 Å². The van der Waals surface area contributed by atoms with Crippen LogP contribution in [0.2, 0.25) is 0 Å². The van der Waals surface area contributed by atoms with E-state index in [1.165, 1.54) is 27.3 Å². The lowest BCUT2D eigenvalue weighted by molar-refractivity contribution is 0.669. The van der Waals surface area contributed by atoms with Crippen molar-refractivity contribution in [2.45, 2.75) is 0 Å². The van der Waals surface area contributed by atoms with E-state index in [9.17, 15) is 0 Å². The standard InChI is InChI=1S/C47H29N3O/c1-2-13-34(14-3-1)45-48-46(36-26-23-30-11-4-5-15-35(30)27-36)50-47(49-45)41-28-37(29-43-44(41)40-18-8-9-20-42(40)51-43)31-21-24-33(25-22-31)39-19-10-16-32-12-6-7-17-38(32)39/h1-29H. The van der Waals surface area contributed by atoms with E-state index >= 15 is 0 Å². The van der Waals surface area contributed by atoms with Crippen LogP contribution in [-0.4, -0.2) is 15.0 Å². The lowest BCUT2D eigenvalue weighted by atomic mass is 9.94. The molecular formula is C47H29N3O. The number of nitrogens with zero attached hydrogens (tertiary/aromatic N) is 3. The molecule has 0 aliphatic rings. The topological polar surface area (TPSA) is 51.8 Å². The first kappa shape index (κ1) is 29.0. The first-order valence-electron chi connectivity index (χ1n) is 17.1. The fourth-order valence-electron chi connectivity index (χ4n) is 7.19. The van der Waals surface area contributed by atoms with Crippen LogP contribution in [0.25, 0.3) is 99.9 Å². The van der Waals surface area contributed by atoms with Gasteiger partial charge in [0.25, 0.3) is 0 Å². The molecule has 4 nitrogen and oxygen atoms in total. The highest BCUT2D eigenvalue weighted by atomic mass is 16.3. The molecular weight excluding hydrogens is 623 g/mol. The fraction of sp³-hybridized carbons (Fsp3) is 0. The average Bonchev–Trinajstić information content (AvgIpc) is 3.59. The molecule has 10 aromatic rings. The van der Waals surface area contributed by atoms with Gasteiger partial charge in [-0.15, -0.1) is 0 Å². The largest absolute Gasteiger partial charge is 0.456 e. The molecule has 2 aromatic heterocycles. The quantitative estimate of drug-likeness (QED) is 0.186. The highest BCUT2D eigenvalue weighted by Crippen LogP contribution is 2.40. The zero-order valence-electron chi connectivity index (χ0n) is 27.5. The number of fused-ring (bicyclic) bond motifs is 5. The summed E-state index contributed by atoms with van der Waals surface area (Å²) in [6.45, 7) is 0. The average molecular weight is 652 g/mol. The minimum atomic E-state index is 0.595. The normalized spacial score (nSPS) is 11.5. The van der Waals surface area contributed by atoms with Crippen molar-refractivity contribution in [3.05, 3.63) is 176 Å². The summed E-state index contributed by atoms with van der Waals surface area (Å²) in [6.07, 6.45) is 0. The predicted molar refractivity (Wildman–Crippen MR) is 209 cm³/mol. The SMILES string of the molecule is c1ccc(-c2nc(-c3ccc4ccccc4c3)nc(-c3cc(-c4ccc(-c5cccc6ccccc56)cc4)cc4oc5ccccc5c34)n2)cc1. The monoisotopic (exact) mass is 651 g/mol. The molecule has 2 heterocycles. The summed E-state index contributed by atoms with van der Waals surface area (Å²) >= 11 is 0. The number of para-hydroxylation sites is 1. The van der Waals surface area contributed by atoms with Crippen molar-refractivity contribution >= 4 is 43.5 Å². The molecule has 0 spiro atoms. The Morgan fingerprint density at radius 3 is 1.78 bits per heavy atom. The second-order valence-corrected chi connectivity index (χ2v) is 12.8. The van der Waals surface area contributed by atoms with Gasteiger partial charge in [-0.05, 0) is 68.1 Å². The summed E-state index contributed by atoms with van der Waals surface area (Å²) in [5.74, 6) is 1.84. The van der Waals surface area contributed by atoms with E-state index in [1.54, 1.807) is 0 Å².